The molecule has 1 aromatic rings. The van der Waals surface area contributed by atoms with E-state index in [1.165, 1.54) is 50.5 Å². The van der Waals surface area contributed by atoms with Crippen molar-refractivity contribution in [3.63, 3.8) is 0 Å². The van der Waals surface area contributed by atoms with Gasteiger partial charge in [0.05, 0.1) is 16.3 Å². The fourth-order valence-electron chi connectivity index (χ4n) is 2.25. The van der Waals surface area contributed by atoms with Gasteiger partial charge < -0.3 is 10.5 Å². The molecule has 0 aromatic heterocycles. The highest BCUT2D eigenvalue weighted by Crippen LogP contribution is 2.27. The average Bonchev–Trinajstić information content (AvgIpc) is 2.81. The van der Waals surface area contributed by atoms with Gasteiger partial charge in [-0.3, -0.25) is 4.79 Å². The molecule has 2 atom stereocenters. The van der Waals surface area contributed by atoms with Crippen LogP contribution in [0.4, 0.5) is 5.69 Å². The Kier molecular flexibility index (Phi) is 4.85. The number of nitrogens with two attached hydrogens (primary N) is 1. The summed E-state index contributed by atoms with van der Waals surface area (Å²) in [6.45, 7) is 1.70. The molecule has 0 saturated heterocycles. The van der Waals surface area contributed by atoms with E-state index in [9.17, 15) is 13.2 Å². The van der Waals surface area contributed by atoms with Gasteiger partial charge in [-0.2, -0.15) is 5.10 Å². The lowest BCUT2D eigenvalue weighted by atomic mass is 10.0. The van der Waals surface area contributed by atoms with Crippen molar-refractivity contribution in [2.24, 2.45) is 16.8 Å². The number of sulfonamides is 1. The molecule has 0 saturated carbocycles. The maximum atomic E-state index is 12.4. The molecule has 0 aliphatic carbocycles. The molecule has 1 aliphatic rings. The van der Waals surface area contributed by atoms with Gasteiger partial charge in [-0.25, -0.2) is 17.7 Å². The Balaban J connectivity index is 2.30. The molecular formula is C14H20N4O4S. The molecule has 0 spiro atoms. The summed E-state index contributed by atoms with van der Waals surface area (Å²) in [6.07, 6.45) is -0.773. The van der Waals surface area contributed by atoms with Gasteiger partial charge in [-0.1, -0.05) is 0 Å². The SMILES string of the molecule is COC(N)C1C(=O)N(c2ccc(S(=O)(=O)N(C)C)cc2)N=C1C. The summed E-state index contributed by atoms with van der Waals surface area (Å²) in [5.74, 6) is -0.953. The van der Waals surface area contributed by atoms with Crippen LogP contribution in [0.3, 0.4) is 0 Å². The maximum absolute atomic E-state index is 12.4. The van der Waals surface area contributed by atoms with Crippen LogP contribution < -0.4 is 10.7 Å². The number of benzene rings is 1. The van der Waals surface area contributed by atoms with E-state index < -0.39 is 22.2 Å². The van der Waals surface area contributed by atoms with Crippen molar-refractivity contribution in [2.45, 2.75) is 18.0 Å². The van der Waals surface area contributed by atoms with Gasteiger partial charge in [-0.15, -0.1) is 0 Å². The number of methoxy groups -OCH3 is 1. The van der Waals surface area contributed by atoms with Crippen LogP contribution in [0.1, 0.15) is 6.92 Å². The molecule has 126 valence electrons. The number of anilines is 1. The summed E-state index contributed by atoms with van der Waals surface area (Å²) in [4.78, 5) is 12.6. The molecule has 1 amide bonds. The van der Waals surface area contributed by atoms with Crippen LogP contribution in [0.5, 0.6) is 0 Å². The third-order valence-electron chi connectivity index (χ3n) is 3.64. The highest BCUT2D eigenvalue weighted by atomic mass is 32.2. The lowest BCUT2D eigenvalue weighted by Gasteiger charge is -2.18. The minimum absolute atomic E-state index is 0.142. The number of hydrazone groups is 1. The first kappa shape index (κ1) is 17.5. The summed E-state index contributed by atoms with van der Waals surface area (Å²) in [7, 11) is 0.822. The van der Waals surface area contributed by atoms with E-state index in [-0.39, 0.29) is 10.8 Å². The van der Waals surface area contributed by atoms with Crippen LogP contribution in [0.2, 0.25) is 0 Å². The Bertz CT molecular complexity index is 728. The van der Waals surface area contributed by atoms with Crippen LogP contribution >= 0.6 is 0 Å². The number of carbonyl (C=O) groups excluding carboxylic acids is 1. The van der Waals surface area contributed by atoms with Crippen LogP contribution in [-0.2, 0) is 19.6 Å². The van der Waals surface area contributed by atoms with Gasteiger partial charge >= 0.3 is 0 Å². The maximum Gasteiger partial charge on any atom is 0.260 e. The minimum atomic E-state index is -3.52. The fraction of sp³-hybridized carbons (Fsp3) is 0.429. The Labute approximate surface area is 135 Å². The van der Waals surface area contributed by atoms with E-state index >= 15 is 0 Å². The van der Waals surface area contributed by atoms with Crippen molar-refractivity contribution in [1.29, 1.82) is 0 Å². The zero-order chi connectivity index (χ0) is 17.4. The molecule has 8 nitrogen and oxygen atoms in total. The van der Waals surface area contributed by atoms with Crippen LogP contribution in [-0.4, -0.2) is 51.8 Å². The predicted molar refractivity (Wildman–Crippen MR) is 86.4 cm³/mol. The van der Waals surface area contributed by atoms with Crippen LogP contribution in [0.15, 0.2) is 34.3 Å². The third kappa shape index (κ3) is 3.13. The summed E-state index contributed by atoms with van der Waals surface area (Å²) in [5, 5.41) is 5.41. The molecule has 2 unspecified atom stereocenters. The topological polar surface area (TPSA) is 105 Å². The van der Waals surface area contributed by atoms with E-state index in [1.807, 2.05) is 0 Å². The minimum Gasteiger partial charge on any atom is -0.366 e. The van der Waals surface area contributed by atoms with Crippen molar-refractivity contribution in [2.75, 3.05) is 26.2 Å². The third-order valence-corrected chi connectivity index (χ3v) is 5.47. The lowest BCUT2D eigenvalue weighted by Crippen LogP contribution is -2.41. The second-order valence-electron chi connectivity index (χ2n) is 5.35. The molecule has 23 heavy (non-hydrogen) atoms. The van der Waals surface area contributed by atoms with E-state index in [1.54, 1.807) is 6.92 Å². The molecule has 9 heteroatoms. The summed E-state index contributed by atoms with van der Waals surface area (Å²) in [6, 6.07) is 5.94. The fourth-order valence-corrected chi connectivity index (χ4v) is 3.15. The van der Waals surface area contributed by atoms with Gasteiger partial charge in [0.1, 0.15) is 12.1 Å². The molecule has 0 fully saturated rings. The molecule has 2 N–H and O–H groups in total. The normalized spacial score (nSPS) is 20.1. The standard InChI is InChI=1S/C14H20N4O4S/c1-9-12(13(15)22-4)14(19)18(16-9)10-5-7-11(8-6-10)23(20,21)17(2)3/h5-8,12-13H,15H2,1-4H3. The number of ether oxygens (including phenoxy) is 1. The molecule has 2 rings (SSSR count). The summed E-state index contributed by atoms with van der Waals surface area (Å²) < 4.78 is 30.2. The Morgan fingerprint density at radius 3 is 2.35 bits per heavy atom. The average molecular weight is 340 g/mol. The molecule has 0 radical (unpaired) electrons. The van der Waals surface area contributed by atoms with Crippen molar-refractivity contribution in [1.82, 2.24) is 4.31 Å². The first-order valence-corrected chi connectivity index (χ1v) is 8.34. The number of hydrogen-bond acceptors (Lipinski definition) is 6. The predicted octanol–water partition coefficient (Wildman–Crippen LogP) is 0.207. The molecule has 1 heterocycles. The zero-order valence-electron chi connectivity index (χ0n) is 13.4. The quantitative estimate of drug-likeness (QED) is 0.771. The number of carbonyl (C=O) groups is 1. The first-order chi connectivity index (χ1) is 10.7. The number of nitrogens with zero attached hydrogens (tertiary/aromatic N) is 3. The smallest absolute Gasteiger partial charge is 0.260 e. The van der Waals surface area contributed by atoms with E-state index in [4.69, 9.17) is 10.5 Å². The molecule has 0 bridgehead atoms. The molecule has 1 aromatic carbocycles. The summed E-state index contributed by atoms with van der Waals surface area (Å²) in [5.41, 5.74) is 6.80. The van der Waals surface area contributed by atoms with E-state index in [0.29, 0.717) is 11.4 Å². The first-order valence-electron chi connectivity index (χ1n) is 6.90. The van der Waals surface area contributed by atoms with Crippen molar-refractivity contribution >= 4 is 27.3 Å². The van der Waals surface area contributed by atoms with Crippen molar-refractivity contribution in [3.05, 3.63) is 24.3 Å². The Morgan fingerprint density at radius 2 is 1.87 bits per heavy atom. The second-order valence-corrected chi connectivity index (χ2v) is 7.50. The van der Waals surface area contributed by atoms with E-state index in [0.717, 1.165) is 4.31 Å². The van der Waals surface area contributed by atoms with Crippen LogP contribution in [0, 0.1) is 5.92 Å². The zero-order valence-corrected chi connectivity index (χ0v) is 14.2. The van der Waals surface area contributed by atoms with E-state index in [2.05, 4.69) is 5.10 Å². The highest BCUT2D eigenvalue weighted by Gasteiger charge is 2.38. The monoisotopic (exact) mass is 340 g/mol. The number of rotatable bonds is 5. The lowest BCUT2D eigenvalue weighted by molar-refractivity contribution is -0.122. The number of hydrogen-bond donors (Lipinski definition) is 1. The van der Waals surface area contributed by atoms with Gasteiger partial charge in [0.2, 0.25) is 10.0 Å². The van der Waals surface area contributed by atoms with Gasteiger partial charge in [0.15, 0.2) is 0 Å². The van der Waals surface area contributed by atoms with Crippen molar-refractivity contribution < 1.29 is 17.9 Å². The van der Waals surface area contributed by atoms with Gasteiger partial charge in [-0.05, 0) is 31.2 Å². The largest absolute Gasteiger partial charge is 0.366 e. The Morgan fingerprint density at radius 1 is 1.30 bits per heavy atom. The molecule has 1 aliphatic heterocycles. The second kappa shape index (κ2) is 6.36. The summed E-state index contributed by atoms with van der Waals surface area (Å²) >= 11 is 0. The van der Waals surface area contributed by atoms with Crippen LogP contribution in [0.25, 0.3) is 0 Å². The number of amides is 1. The highest BCUT2D eigenvalue weighted by molar-refractivity contribution is 7.89. The van der Waals surface area contributed by atoms with Gasteiger partial charge in [0, 0.05) is 21.2 Å². The Hall–Kier alpha value is -1.81. The van der Waals surface area contributed by atoms with Gasteiger partial charge in [0.25, 0.3) is 5.91 Å². The molecular weight excluding hydrogens is 320 g/mol. The van der Waals surface area contributed by atoms with Crippen molar-refractivity contribution in [3.8, 4) is 0 Å².